The molecule has 0 radical (unpaired) electrons. The lowest BCUT2D eigenvalue weighted by atomic mass is 9.39. The van der Waals surface area contributed by atoms with Gasteiger partial charge < -0.3 is 25.5 Å². The molecule has 206 valence electrons. The van der Waals surface area contributed by atoms with E-state index in [4.69, 9.17) is 15.5 Å². The second-order valence-corrected chi connectivity index (χ2v) is 12.5. The molecule has 6 aliphatic rings. The number of aliphatic hydroxyl groups is 1. The number of esters is 1. The predicted octanol–water partition coefficient (Wildman–Crippen LogP) is 2.51. The average Bonchev–Trinajstić information content (AvgIpc) is 3.26. The van der Waals surface area contributed by atoms with Crippen molar-refractivity contribution in [2.24, 2.45) is 11.1 Å². The van der Waals surface area contributed by atoms with Gasteiger partial charge in [-0.15, -0.1) is 0 Å². The SMILES string of the molecule is CC[C@@]1(O)C(=O)OCc2c1cc1n(c2=O)Cc2c-1nc1cc(F)c(C)c3c1c2[C@@H](NC(=O)C12CC(N)(C1)C2)CC3. The molecule has 4 N–H and O–H groups in total. The van der Waals surface area contributed by atoms with Crippen LogP contribution in [0.2, 0.25) is 0 Å². The lowest BCUT2D eigenvalue weighted by Gasteiger charge is -2.67. The lowest BCUT2D eigenvalue weighted by Crippen LogP contribution is -2.76. The van der Waals surface area contributed by atoms with E-state index in [0.717, 1.165) is 22.1 Å². The van der Waals surface area contributed by atoms with E-state index in [9.17, 15) is 19.5 Å². The van der Waals surface area contributed by atoms with Crippen molar-refractivity contribution in [2.45, 2.75) is 82.7 Å². The van der Waals surface area contributed by atoms with Gasteiger partial charge in [0.1, 0.15) is 12.4 Å². The molecule has 2 bridgehead atoms. The van der Waals surface area contributed by atoms with E-state index in [-0.39, 0.29) is 59.6 Å². The number of nitrogens with one attached hydrogen (secondary N) is 1. The van der Waals surface area contributed by atoms with Gasteiger partial charge in [-0.3, -0.25) is 9.59 Å². The third kappa shape index (κ3) is 2.78. The molecule has 0 unspecified atom stereocenters. The smallest absolute Gasteiger partial charge is 0.343 e. The van der Waals surface area contributed by atoms with Gasteiger partial charge in [0.25, 0.3) is 5.56 Å². The quantitative estimate of drug-likeness (QED) is 0.337. The normalized spacial score (nSPS) is 30.5. The van der Waals surface area contributed by atoms with Gasteiger partial charge in [-0.2, -0.15) is 0 Å². The van der Waals surface area contributed by atoms with Crippen LogP contribution in [0.15, 0.2) is 16.9 Å². The first-order chi connectivity index (χ1) is 19.0. The minimum atomic E-state index is -1.94. The Kier molecular flexibility index (Phi) is 4.45. The van der Waals surface area contributed by atoms with Crippen LogP contribution in [-0.4, -0.2) is 32.1 Å². The van der Waals surface area contributed by atoms with Crippen LogP contribution in [0.5, 0.6) is 0 Å². The number of aromatic nitrogens is 2. The molecule has 2 atom stereocenters. The number of hydrogen-bond donors (Lipinski definition) is 3. The number of fused-ring (bicyclic) bond motifs is 5. The molecule has 0 spiro atoms. The van der Waals surface area contributed by atoms with Crippen molar-refractivity contribution >= 4 is 22.8 Å². The van der Waals surface area contributed by atoms with Crippen molar-refractivity contribution in [3.63, 3.8) is 0 Å². The standard InChI is InChI=1S/C30H29FN4O5/c1-3-30(39)17-6-21-24-15(8-35(21)25(36)16(17)9-40-27(30)38)23-19(34-26(37)28-10-29(32,11-28)12-28)5-4-14-13(2)18(31)7-20(33-24)22(14)23/h6-7,19,39H,3-5,8-12,32H2,1-2H3,(H,34,37)/t19-,28?,29?,30-/m0/s1. The molecule has 10 heteroatoms. The number of ether oxygens (including phenoxy) is 1. The molecule has 2 aromatic heterocycles. The predicted molar refractivity (Wildman–Crippen MR) is 142 cm³/mol. The van der Waals surface area contributed by atoms with Gasteiger partial charge in [-0.1, -0.05) is 6.92 Å². The first-order valence-electron chi connectivity index (χ1n) is 13.9. The zero-order valence-electron chi connectivity index (χ0n) is 22.3. The van der Waals surface area contributed by atoms with E-state index in [0.29, 0.717) is 54.6 Å². The van der Waals surface area contributed by atoms with Gasteiger partial charge in [0.2, 0.25) is 5.91 Å². The highest BCUT2D eigenvalue weighted by Gasteiger charge is 2.69. The maximum Gasteiger partial charge on any atom is 0.343 e. The molecule has 40 heavy (non-hydrogen) atoms. The minimum absolute atomic E-state index is 0.00219. The number of hydrogen-bond acceptors (Lipinski definition) is 7. The number of rotatable bonds is 3. The Hall–Kier alpha value is -3.63. The number of carbonyl (C=O) groups is 2. The number of halogens is 1. The van der Waals surface area contributed by atoms with Gasteiger partial charge in [0.05, 0.1) is 40.5 Å². The second-order valence-electron chi connectivity index (χ2n) is 12.5. The summed E-state index contributed by atoms with van der Waals surface area (Å²) in [5.41, 5.74) is 8.31. The molecule has 1 aromatic carbocycles. The van der Waals surface area contributed by atoms with Crippen LogP contribution in [-0.2, 0) is 39.5 Å². The van der Waals surface area contributed by atoms with Gasteiger partial charge >= 0.3 is 5.97 Å². The summed E-state index contributed by atoms with van der Waals surface area (Å²) in [6.07, 6.45) is 3.30. The first-order valence-corrected chi connectivity index (χ1v) is 13.9. The molecule has 0 saturated heterocycles. The lowest BCUT2D eigenvalue weighted by molar-refractivity contribution is -0.173. The van der Waals surface area contributed by atoms with Crippen molar-refractivity contribution in [3.8, 4) is 11.4 Å². The third-order valence-electron chi connectivity index (χ3n) is 10.2. The Bertz CT molecular complexity index is 1790. The highest BCUT2D eigenvalue weighted by atomic mass is 19.1. The molecule has 9 nitrogen and oxygen atoms in total. The second kappa shape index (κ2) is 7.36. The monoisotopic (exact) mass is 544 g/mol. The first kappa shape index (κ1) is 24.2. The Morgan fingerprint density at radius 1 is 1.25 bits per heavy atom. The molecule has 4 aliphatic carbocycles. The van der Waals surface area contributed by atoms with Crippen LogP contribution in [0.3, 0.4) is 0 Å². The van der Waals surface area contributed by atoms with Crippen molar-refractivity contribution < 1.29 is 23.8 Å². The van der Waals surface area contributed by atoms with Crippen LogP contribution >= 0.6 is 0 Å². The number of cyclic esters (lactones) is 1. The molecule has 3 aromatic rings. The maximum absolute atomic E-state index is 15.1. The molecule has 3 saturated carbocycles. The molecule has 4 heterocycles. The summed E-state index contributed by atoms with van der Waals surface area (Å²) < 4.78 is 21.8. The van der Waals surface area contributed by atoms with E-state index in [2.05, 4.69) is 5.32 Å². The summed E-state index contributed by atoms with van der Waals surface area (Å²) in [5, 5.41) is 15.3. The number of carbonyl (C=O) groups excluding carboxylic acids is 2. The highest BCUT2D eigenvalue weighted by Crippen LogP contribution is 2.66. The molecule has 3 fully saturated rings. The van der Waals surface area contributed by atoms with Crippen LogP contribution in [0.4, 0.5) is 4.39 Å². The van der Waals surface area contributed by atoms with Gasteiger partial charge in [-0.05, 0) is 68.2 Å². The summed E-state index contributed by atoms with van der Waals surface area (Å²) in [7, 11) is 0. The Morgan fingerprint density at radius 2 is 2.00 bits per heavy atom. The average molecular weight is 545 g/mol. The molecule has 2 aliphatic heterocycles. The van der Waals surface area contributed by atoms with E-state index in [1.54, 1.807) is 24.5 Å². The third-order valence-corrected chi connectivity index (χ3v) is 10.2. The van der Waals surface area contributed by atoms with Crippen molar-refractivity contribution in [2.75, 3.05) is 0 Å². The summed E-state index contributed by atoms with van der Waals surface area (Å²) in [6.45, 7) is 3.42. The van der Waals surface area contributed by atoms with Crippen molar-refractivity contribution in [3.05, 3.63) is 61.7 Å². The summed E-state index contributed by atoms with van der Waals surface area (Å²) in [4.78, 5) is 44.6. The highest BCUT2D eigenvalue weighted by molar-refractivity contribution is 5.94. The summed E-state index contributed by atoms with van der Waals surface area (Å²) in [6, 6.07) is 2.74. The molecule has 1 amide bonds. The van der Waals surface area contributed by atoms with Gasteiger partial charge in [-0.25, -0.2) is 14.2 Å². The largest absolute Gasteiger partial charge is 0.458 e. The van der Waals surface area contributed by atoms with Gasteiger partial charge in [0, 0.05) is 28.1 Å². The zero-order chi connectivity index (χ0) is 27.9. The van der Waals surface area contributed by atoms with Crippen LogP contribution < -0.4 is 16.6 Å². The van der Waals surface area contributed by atoms with Crippen molar-refractivity contribution in [1.29, 1.82) is 0 Å². The fraction of sp³-hybridized carbons (Fsp3) is 0.467. The molecule has 9 rings (SSSR count). The number of aryl methyl sites for hydroxylation is 1. The molecular formula is C30H29FN4O5. The number of nitrogens with zero attached hydrogens (tertiary/aromatic N) is 2. The minimum Gasteiger partial charge on any atom is -0.458 e. The van der Waals surface area contributed by atoms with Crippen LogP contribution in [0.1, 0.15) is 78.5 Å². The fourth-order valence-corrected chi connectivity index (χ4v) is 8.12. The maximum atomic E-state index is 15.1. The Balaban J connectivity index is 1.33. The number of amides is 1. The zero-order valence-corrected chi connectivity index (χ0v) is 22.3. The number of nitrogens with two attached hydrogens (primary N) is 1. The number of benzene rings is 1. The Morgan fingerprint density at radius 3 is 2.70 bits per heavy atom. The van der Waals surface area contributed by atoms with Crippen molar-refractivity contribution in [1.82, 2.24) is 14.9 Å². The summed E-state index contributed by atoms with van der Waals surface area (Å²) >= 11 is 0. The fourth-order valence-electron chi connectivity index (χ4n) is 8.12. The summed E-state index contributed by atoms with van der Waals surface area (Å²) in [5.74, 6) is -1.14. The molecular weight excluding hydrogens is 515 g/mol. The van der Waals surface area contributed by atoms with Crippen LogP contribution in [0, 0.1) is 18.2 Å². The number of pyridine rings is 2. The van der Waals surface area contributed by atoms with Crippen LogP contribution in [0.25, 0.3) is 22.3 Å². The van der Waals surface area contributed by atoms with E-state index in [1.165, 1.54) is 6.07 Å². The van der Waals surface area contributed by atoms with E-state index < -0.39 is 17.0 Å². The topological polar surface area (TPSA) is 137 Å². The van der Waals surface area contributed by atoms with E-state index in [1.807, 2.05) is 0 Å². The Labute approximate surface area is 228 Å². The van der Waals surface area contributed by atoms with E-state index >= 15 is 4.39 Å². The van der Waals surface area contributed by atoms with Gasteiger partial charge in [0.15, 0.2) is 5.60 Å².